The fourth-order valence-electron chi connectivity index (χ4n) is 3.40. The molecule has 1 saturated carbocycles. The number of H-pyrrole nitrogens is 1. The van der Waals surface area contributed by atoms with Crippen molar-refractivity contribution in [3.8, 4) is 0 Å². The van der Waals surface area contributed by atoms with Crippen LogP contribution in [-0.4, -0.2) is 22.1 Å². The number of aromatic amines is 1. The molecule has 0 bridgehead atoms. The first-order chi connectivity index (χ1) is 9.70. The minimum absolute atomic E-state index is 0.0592. The highest BCUT2D eigenvalue weighted by atomic mass is 16.2. The van der Waals surface area contributed by atoms with Gasteiger partial charge in [0.2, 0.25) is 0 Å². The molecule has 2 N–H and O–H groups in total. The molecule has 4 heteroatoms. The molecule has 2 aromatic rings. The summed E-state index contributed by atoms with van der Waals surface area (Å²) in [5.74, 6) is 1.22. The molecule has 0 aliphatic heterocycles. The average Bonchev–Trinajstić information content (AvgIpc) is 3.03. The highest BCUT2D eigenvalue weighted by molar-refractivity contribution is 6.04. The first-order valence-corrected chi connectivity index (χ1v) is 7.44. The maximum absolute atomic E-state index is 12.4. The van der Waals surface area contributed by atoms with E-state index < -0.39 is 0 Å². The fraction of sp³-hybridized carbons (Fsp3) is 0.500. The summed E-state index contributed by atoms with van der Waals surface area (Å²) < 4.78 is 0. The minimum Gasteiger partial charge on any atom is -0.348 e. The van der Waals surface area contributed by atoms with Crippen molar-refractivity contribution in [2.24, 2.45) is 11.8 Å². The molecule has 1 aromatic carbocycles. The number of para-hydroxylation sites is 1. The standard InChI is InChI=1S/C16H21N3O/c1-3-11-8-9-13(10(11)2)17-16(20)15-12-6-4-5-7-14(12)18-19-15/h4-7,10-11,13H,3,8-9H2,1-2H3,(H,17,20)(H,18,19). The number of fused-ring (bicyclic) bond motifs is 1. The van der Waals surface area contributed by atoms with Crippen LogP contribution in [0.2, 0.25) is 0 Å². The molecule has 1 aromatic heterocycles. The number of benzene rings is 1. The van der Waals surface area contributed by atoms with Crippen molar-refractivity contribution >= 4 is 16.8 Å². The number of hydrogen-bond acceptors (Lipinski definition) is 2. The van der Waals surface area contributed by atoms with Crippen LogP contribution in [0.3, 0.4) is 0 Å². The quantitative estimate of drug-likeness (QED) is 0.901. The molecule has 1 heterocycles. The summed E-state index contributed by atoms with van der Waals surface area (Å²) in [5, 5.41) is 11.1. The molecule has 1 amide bonds. The van der Waals surface area contributed by atoms with E-state index in [1.165, 1.54) is 12.8 Å². The largest absolute Gasteiger partial charge is 0.348 e. The summed E-state index contributed by atoms with van der Waals surface area (Å²) in [6.45, 7) is 4.47. The molecule has 4 nitrogen and oxygen atoms in total. The van der Waals surface area contributed by atoms with Crippen LogP contribution >= 0.6 is 0 Å². The summed E-state index contributed by atoms with van der Waals surface area (Å²) in [5.41, 5.74) is 1.41. The zero-order chi connectivity index (χ0) is 14.1. The number of nitrogens with zero attached hydrogens (tertiary/aromatic N) is 1. The summed E-state index contributed by atoms with van der Waals surface area (Å²) in [7, 11) is 0. The Morgan fingerprint density at radius 3 is 2.95 bits per heavy atom. The lowest BCUT2D eigenvalue weighted by Gasteiger charge is -2.20. The summed E-state index contributed by atoms with van der Waals surface area (Å²) in [4.78, 5) is 12.4. The number of rotatable bonds is 3. The molecule has 0 radical (unpaired) electrons. The number of amides is 1. The van der Waals surface area contributed by atoms with E-state index in [-0.39, 0.29) is 11.9 Å². The third-order valence-corrected chi connectivity index (χ3v) is 4.75. The van der Waals surface area contributed by atoms with Gasteiger partial charge in [0.05, 0.1) is 5.52 Å². The van der Waals surface area contributed by atoms with Gasteiger partial charge in [-0.1, -0.05) is 38.5 Å². The Balaban J connectivity index is 1.77. The van der Waals surface area contributed by atoms with E-state index in [0.717, 1.165) is 23.2 Å². The summed E-state index contributed by atoms with van der Waals surface area (Å²) in [6, 6.07) is 8.01. The predicted molar refractivity (Wildman–Crippen MR) is 79.5 cm³/mol. The van der Waals surface area contributed by atoms with Crippen molar-refractivity contribution in [1.82, 2.24) is 15.5 Å². The van der Waals surface area contributed by atoms with Crippen LogP contribution in [0, 0.1) is 11.8 Å². The first-order valence-electron chi connectivity index (χ1n) is 7.44. The zero-order valence-corrected chi connectivity index (χ0v) is 12.0. The zero-order valence-electron chi connectivity index (χ0n) is 12.0. The molecule has 106 valence electrons. The van der Waals surface area contributed by atoms with Gasteiger partial charge in [-0.25, -0.2) is 0 Å². The molecular formula is C16H21N3O. The first kappa shape index (κ1) is 13.2. The fourth-order valence-corrected chi connectivity index (χ4v) is 3.40. The Morgan fingerprint density at radius 1 is 1.40 bits per heavy atom. The normalized spacial score (nSPS) is 26.0. The maximum Gasteiger partial charge on any atom is 0.272 e. The van der Waals surface area contributed by atoms with E-state index in [1.807, 2.05) is 24.3 Å². The van der Waals surface area contributed by atoms with Gasteiger partial charge in [0.1, 0.15) is 0 Å². The Bertz CT molecular complexity index is 619. The highest BCUT2D eigenvalue weighted by Crippen LogP contribution is 2.34. The molecule has 1 aliphatic carbocycles. The lowest BCUT2D eigenvalue weighted by Crippen LogP contribution is -2.37. The molecule has 3 unspecified atom stereocenters. The number of hydrogen-bond donors (Lipinski definition) is 2. The van der Waals surface area contributed by atoms with Crippen molar-refractivity contribution < 1.29 is 4.79 Å². The second-order valence-electron chi connectivity index (χ2n) is 5.80. The van der Waals surface area contributed by atoms with Gasteiger partial charge in [-0.15, -0.1) is 0 Å². The Labute approximate surface area is 119 Å². The second-order valence-corrected chi connectivity index (χ2v) is 5.80. The molecule has 0 spiro atoms. The van der Waals surface area contributed by atoms with E-state index in [9.17, 15) is 4.79 Å². The molecule has 3 rings (SSSR count). The third kappa shape index (κ3) is 2.19. The molecule has 0 saturated heterocycles. The van der Waals surface area contributed by atoms with Crippen molar-refractivity contribution in [2.75, 3.05) is 0 Å². The van der Waals surface area contributed by atoms with E-state index >= 15 is 0 Å². The molecule has 20 heavy (non-hydrogen) atoms. The van der Waals surface area contributed by atoms with Crippen molar-refractivity contribution in [3.05, 3.63) is 30.0 Å². The van der Waals surface area contributed by atoms with Crippen LogP contribution in [-0.2, 0) is 0 Å². The lowest BCUT2D eigenvalue weighted by molar-refractivity contribution is 0.0923. The van der Waals surface area contributed by atoms with Gasteiger partial charge in [-0.3, -0.25) is 9.89 Å². The van der Waals surface area contributed by atoms with Crippen molar-refractivity contribution in [3.63, 3.8) is 0 Å². The smallest absolute Gasteiger partial charge is 0.272 e. The maximum atomic E-state index is 12.4. The van der Waals surface area contributed by atoms with Crippen LogP contribution in [0.1, 0.15) is 43.6 Å². The molecule has 1 fully saturated rings. The van der Waals surface area contributed by atoms with E-state index in [1.54, 1.807) is 0 Å². The average molecular weight is 271 g/mol. The topological polar surface area (TPSA) is 57.8 Å². The van der Waals surface area contributed by atoms with Crippen LogP contribution < -0.4 is 5.32 Å². The van der Waals surface area contributed by atoms with Gasteiger partial charge in [0.15, 0.2) is 5.69 Å². The minimum atomic E-state index is -0.0592. The van der Waals surface area contributed by atoms with Gasteiger partial charge >= 0.3 is 0 Å². The molecule has 1 aliphatic rings. The lowest BCUT2D eigenvalue weighted by atomic mass is 9.93. The van der Waals surface area contributed by atoms with Gasteiger partial charge in [0, 0.05) is 11.4 Å². The van der Waals surface area contributed by atoms with Gasteiger partial charge in [0.25, 0.3) is 5.91 Å². The highest BCUT2D eigenvalue weighted by Gasteiger charge is 2.33. The molecule has 3 atom stereocenters. The number of nitrogens with one attached hydrogen (secondary N) is 2. The second kappa shape index (κ2) is 5.27. The number of aromatic nitrogens is 2. The predicted octanol–water partition coefficient (Wildman–Crippen LogP) is 3.12. The summed E-state index contributed by atoms with van der Waals surface area (Å²) >= 11 is 0. The van der Waals surface area contributed by atoms with Gasteiger partial charge < -0.3 is 5.32 Å². The summed E-state index contributed by atoms with van der Waals surface area (Å²) in [6.07, 6.45) is 3.48. The number of carbonyl (C=O) groups is 1. The van der Waals surface area contributed by atoms with Crippen molar-refractivity contribution in [2.45, 2.75) is 39.2 Å². The van der Waals surface area contributed by atoms with Crippen molar-refractivity contribution in [1.29, 1.82) is 0 Å². The van der Waals surface area contributed by atoms with E-state index in [4.69, 9.17) is 0 Å². The Hall–Kier alpha value is -1.84. The van der Waals surface area contributed by atoms with Crippen LogP contribution in [0.4, 0.5) is 0 Å². The van der Waals surface area contributed by atoms with Crippen LogP contribution in [0.5, 0.6) is 0 Å². The van der Waals surface area contributed by atoms with Gasteiger partial charge in [-0.2, -0.15) is 5.10 Å². The van der Waals surface area contributed by atoms with E-state index in [0.29, 0.717) is 11.6 Å². The van der Waals surface area contributed by atoms with E-state index in [2.05, 4.69) is 29.4 Å². The molecular weight excluding hydrogens is 250 g/mol. The SMILES string of the molecule is CCC1CCC(NC(=O)c2n[nH]c3ccccc23)C1C. The monoisotopic (exact) mass is 271 g/mol. The van der Waals surface area contributed by atoms with Crippen LogP contribution in [0.25, 0.3) is 10.9 Å². The van der Waals surface area contributed by atoms with Crippen LogP contribution in [0.15, 0.2) is 24.3 Å². The number of carbonyl (C=O) groups excluding carboxylic acids is 1. The Morgan fingerprint density at radius 2 is 2.20 bits per heavy atom. The Kier molecular flexibility index (Phi) is 3.47. The van der Waals surface area contributed by atoms with Gasteiger partial charge in [-0.05, 0) is 30.7 Å². The third-order valence-electron chi connectivity index (χ3n) is 4.75.